The van der Waals surface area contributed by atoms with Crippen LogP contribution in [0.3, 0.4) is 0 Å². The van der Waals surface area contributed by atoms with Crippen LogP contribution in [0.2, 0.25) is 0 Å². The van der Waals surface area contributed by atoms with E-state index >= 15 is 0 Å². The molecule has 0 aliphatic carbocycles. The molecule has 3 heterocycles. The van der Waals surface area contributed by atoms with Crippen LogP contribution in [-0.4, -0.2) is 41.0 Å². The number of amides is 1. The normalized spacial score (nSPS) is 15.4. The summed E-state index contributed by atoms with van der Waals surface area (Å²) in [7, 11) is 3.29. The Morgan fingerprint density at radius 2 is 1.91 bits per heavy atom. The fourth-order valence-electron chi connectivity index (χ4n) is 4.70. The lowest BCUT2D eigenvalue weighted by atomic mass is 10.0. The van der Waals surface area contributed by atoms with Crippen LogP contribution in [0.4, 0.5) is 0 Å². The third-order valence-corrected chi connectivity index (χ3v) is 6.43. The van der Waals surface area contributed by atoms with Crippen molar-refractivity contribution in [3.8, 4) is 17.2 Å². The average Bonchev–Trinajstić information content (AvgIpc) is 3.53. The molecule has 5 rings (SSSR count). The van der Waals surface area contributed by atoms with Gasteiger partial charge >= 0.3 is 0 Å². The van der Waals surface area contributed by atoms with Crippen LogP contribution < -0.4 is 14.2 Å². The number of aromatic nitrogens is 2. The lowest BCUT2D eigenvalue weighted by Crippen LogP contribution is -2.30. The number of aryl methyl sites for hydroxylation is 1. The van der Waals surface area contributed by atoms with Gasteiger partial charge in [-0.05, 0) is 67.8 Å². The first-order valence-corrected chi connectivity index (χ1v) is 11.8. The Morgan fingerprint density at radius 1 is 1.03 bits per heavy atom. The van der Waals surface area contributed by atoms with Crippen LogP contribution in [-0.2, 0) is 6.61 Å². The van der Waals surface area contributed by atoms with E-state index in [0.717, 1.165) is 41.2 Å². The second kappa shape index (κ2) is 9.70. The maximum absolute atomic E-state index is 13.5. The van der Waals surface area contributed by atoms with Crippen molar-refractivity contribution in [3.05, 3.63) is 89.4 Å². The number of likely N-dealkylation sites (tertiary alicyclic amines) is 1. The van der Waals surface area contributed by atoms with Crippen LogP contribution in [0.25, 0.3) is 5.65 Å². The summed E-state index contributed by atoms with van der Waals surface area (Å²) in [5, 5.41) is 0. The minimum Gasteiger partial charge on any atom is -0.497 e. The number of hydrogen-bond donors (Lipinski definition) is 0. The van der Waals surface area contributed by atoms with E-state index < -0.39 is 0 Å². The number of pyridine rings is 1. The minimum atomic E-state index is -0.0708. The number of carbonyl (C=O) groups is 1. The molecular formula is C28H29N3O4. The van der Waals surface area contributed by atoms with Gasteiger partial charge in [-0.2, -0.15) is 0 Å². The predicted octanol–water partition coefficient (Wildman–Crippen LogP) is 5.22. The molecule has 35 heavy (non-hydrogen) atoms. The standard InChI is InChI=1S/C28H29N3O4/c1-19-9-12-27-29-21(17-30(27)16-19)18-35-23-7-4-6-20(14-23)28(32)31-13-5-8-25(31)24-15-22(33-2)10-11-26(24)34-3/h4,6-7,9-12,14-17,25H,5,8,13,18H2,1-3H3. The smallest absolute Gasteiger partial charge is 0.254 e. The van der Waals surface area contributed by atoms with Crippen molar-refractivity contribution in [2.75, 3.05) is 20.8 Å². The summed E-state index contributed by atoms with van der Waals surface area (Å²) in [5.41, 5.74) is 4.44. The van der Waals surface area contributed by atoms with Gasteiger partial charge < -0.3 is 23.5 Å². The van der Waals surface area contributed by atoms with Gasteiger partial charge in [-0.25, -0.2) is 4.98 Å². The molecule has 7 nitrogen and oxygen atoms in total. The molecule has 2 aromatic carbocycles. The van der Waals surface area contributed by atoms with Crippen molar-refractivity contribution in [2.45, 2.75) is 32.4 Å². The van der Waals surface area contributed by atoms with Gasteiger partial charge in [0.25, 0.3) is 5.91 Å². The molecular weight excluding hydrogens is 442 g/mol. The van der Waals surface area contributed by atoms with E-state index in [1.165, 1.54) is 5.56 Å². The van der Waals surface area contributed by atoms with E-state index in [-0.39, 0.29) is 11.9 Å². The van der Waals surface area contributed by atoms with E-state index in [1.54, 1.807) is 20.3 Å². The zero-order valence-electron chi connectivity index (χ0n) is 20.2. The van der Waals surface area contributed by atoms with Crippen molar-refractivity contribution in [3.63, 3.8) is 0 Å². The van der Waals surface area contributed by atoms with Crippen LogP contribution in [0.15, 0.2) is 67.0 Å². The molecule has 1 saturated heterocycles. The summed E-state index contributed by atoms with van der Waals surface area (Å²) in [6.45, 7) is 3.06. The Hall–Kier alpha value is -4.00. The lowest BCUT2D eigenvalue weighted by Gasteiger charge is -2.27. The van der Waals surface area contributed by atoms with E-state index in [2.05, 4.69) is 4.98 Å². The highest BCUT2D eigenvalue weighted by Crippen LogP contribution is 2.39. The molecule has 0 radical (unpaired) electrons. The summed E-state index contributed by atoms with van der Waals surface area (Å²) >= 11 is 0. The van der Waals surface area contributed by atoms with Crippen LogP contribution in [0, 0.1) is 6.92 Å². The van der Waals surface area contributed by atoms with Gasteiger partial charge in [-0.15, -0.1) is 0 Å². The van der Waals surface area contributed by atoms with Gasteiger partial charge in [0.1, 0.15) is 29.5 Å². The number of rotatable bonds is 7. The van der Waals surface area contributed by atoms with Gasteiger partial charge in [-0.3, -0.25) is 4.79 Å². The Kier molecular flexibility index (Phi) is 6.31. The molecule has 1 fully saturated rings. The fourth-order valence-corrected chi connectivity index (χ4v) is 4.70. The second-order valence-electron chi connectivity index (χ2n) is 8.79. The molecule has 0 N–H and O–H groups in total. The monoisotopic (exact) mass is 471 g/mol. The zero-order valence-corrected chi connectivity index (χ0v) is 20.2. The lowest BCUT2D eigenvalue weighted by molar-refractivity contribution is 0.0733. The maximum atomic E-state index is 13.5. The number of carbonyl (C=O) groups excluding carboxylic acids is 1. The summed E-state index contributed by atoms with van der Waals surface area (Å²) in [6, 6.07) is 17.0. The number of hydrogen-bond acceptors (Lipinski definition) is 5. The number of imidazole rings is 1. The number of fused-ring (bicyclic) bond motifs is 1. The van der Waals surface area contributed by atoms with E-state index in [0.29, 0.717) is 24.5 Å². The summed E-state index contributed by atoms with van der Waals surface area (Å²) in [4.78, 5) is 20.1. The number of benzene rings is 2. The molecule has 0 spiro atoms. The molecule has 1 aliphatic heterocycles. The molecule has 0 bridgehead atoms. The summed E-state index contributed by atoms with van der Waals surface area (Å²) in [5.74, 6) is 2.12. The van der Waals surface area contributed by atoms with Crippen molar-refractivity contribution < 1.29 is 19.0 Å². The highest BCUT2D eigenvalue weighted by atomic mass is 16.5. The van der Waals surface area contributed by atoms with Crippen molar-refractivity contribution in [2.24, 2.45) is 0 Å². The first kappa shape index (κ1) is 22.8. The third kappa shape index (κ3) is 4.67. The molecule has 180 valence electrons. The molecule has 1 unspecified atom stereocenters. The first-order valence-electron chi connectivity index (χ1n) is 11.8. The Labute approximate surface area is 204 Å². The highest BCUT2D eigenvalue weighted by molar-refractivity contribution is 5.95. The minimum absolute atomic E-state index is 0.0222. The van der Waals surface area contributed by atoms with Gasteiger partial charge in [-0.1, -0.05) is 12.1 Å². The largest absolute Gasteiger partial charge is 0.497 e. The van der Waals surface area contributed by atoms with Gasteiger partial charge in [0, 0.05) is 30.1 Å². The van der Waals surface area contributed by atoms with Crippen LogP contribution >= 0.6 is 0 Å². The number of nitrogens with zero attached hydrogens (tertiary/aromatic N) is 3. The summed E-state index contributed by atoms with van der Waals surface area (Å²) < 4.78 is 19.0. The molecule has 0 saturated carbocycles. The quantitative estimate of drug-likeness (QED) is 0.370. The van der Waals surface area contributed by atoms with Crippen molar-refractivity contribution in [1.82, 2.24) is 14.3 Å². The molecule has 1 amide bonds. The van der Waals surface area contributed by atoms with Crippen molar-refractivity contribution >= 4 is 11.6 Å². The Balaban J connectivity index is 1.33. The zero-order chi connectivity index (χ0) is 24.4. The molecule has 2 aromatic heterocycles. The van der Waals surface area contributed by atoms with Gasteiger partial charge in [0.15, 0.2) is 0 Å². The van der Waals surface area contributed by atoms with E-state index in [1.807, 2.05) is 77.1 Å². The molecule has 1 atom stereocenters. The molecule has 4 aromatic rings. The second-order valence-corrected chi connectivity index (χ2v) is 8.79. The van der Waals surface area contributed by atoms with Gasteiger partial charge in [0.05, 0.1) is 26.0 Å². The Bertz CT molecular complexity index is 1360. The van der Waals surface area contributed by atoms with Gasteiger partial charge in [0.2, 0.25) is 0 Å². The van der Waals surface area contributed by atoms with Crippen LogP contribution in [0.5, 0.6) is 17.2 Å². The Morgan fingerprint density at radius 3 is 2.74 bits per heavy atom. The SMILES string of the molecule is COc1ccc(OC)c(C2CCCN2C(=O)c2cccc(OCc3cn4cc(C)ccc4n3)c2)c1. The number of ether oxygens (including phenoxy) is 3. The molecule has 1 aliphatic rings. The molecule has 7 heteroatoms. The highest BCUT2D eigenvalue weighted by Gasteiger charge is 2.33. The maximum Gasteiger partial charge on any atom is 0.254 e. The van der Waals surface area contributed by atoms with Crippen LogP contribution in [0.1, 0.15) is 46.1 Å². The number of methoxy groups -OCH3 is 2. The summed E-state index contributed by atoms with van der Waals surface area (Å²) in [6.07, 6.45) is 5.81. The van der Waals surface area contributed by atoms with E-state index in [9.17, 15) is 4.79 Å². The fraction of sp³-hybridized carbons (Fsp3) is 0.286. The van der Waals surface area contributed by atoms with Crippen molar-refractivity contribution in [1.29, 1.82) is 0 Å². The van der Waals surface area contributed by atoms with E-state index in [4.69, 9.17) is 14.2 Å². The third-order valence-electron chi connectivity index (χ3n) is 6.43. The first-order chi connectivity index (χ1) is 17.1. The topological polar surface area (TPSA) is 65.3 Å². The average molecular weight is 472 g/mol. The predicted molar refractivity (Wildman–Crippen MR) is 133 cm³/mol.